The molecule has 0 aliphatic heterocycles. The molecule has 0 amide bonds. The summed E-state index contributed by atoms with van der Waals surface area (Å²) in [6.07, 6.45) is 3.38. The summed E-state index contributed by atoms with van der Waals surface area (Å²) in [6, 6.07) is 11.6. The van der Waals surface area contributed by atoms with Gasteiger partial charge in [-0.1, -0.05) is 6.07 Å². The summed E-state index contributed by atoms with van der Waals surface area (Å²) in [5.41, 5.74) is 3.67. The lowest BCUT2D eigenvalue weighted by Gasteiger charge is -2.07. The predicted octanol–water partition coefficient (Wildman–Crippen LogP) is 2.65. The van der Waals surface area contributed by atoms with E-state index < -0.39 is 0 Å². The molecule has 0 aliphatic rings. The van der Waals surface area contributed by atoms with Crippen molar-refractivity contribution in [2.75, 3.05) is 12.4 Å². The fourth-order valence-electron chi connectivity index (χ4n) is 1.94. The number of benzene rings is 1. The second-order valence-electron chi connectivity index (χ2n) is 4.28. The summed E-state index contributed by atoms with van der Waals surface area (Å²) in [6.45, 7) is 0.628. The van der Waals surface area contributed by atoms with Crippen LogP contribution < -0.4 is 10.1 Å². The number of fused-ring (bicyclic) bond motifs is 1. The number of hydrogen-bond donors (Lipinski definition) is 1. The molecule has 5 nitrogen and oxygen atoms in total. The van der Waals surface area contributed by atoms with Crippen molar-refractivity contribution in [1.82, 2.24) is 15.0 Å². The zero-order valence-corrected chi connectivity index (χ0v) is 11.1. The van der Waals surface area contributed by atoms with Crippen molar-refractivity contribution in [2.24, 2.45) is 0 Å². The smallest absolute Gasteiger partial charge is 0.213 e. The first-order valence-corrected chi connectivity index (χ1v) is 6.30. The van der Waals surface area contributed by atoms with E-state index in [0.29, 0.717) is 12.4 Å². The minimum Gasteiger partial charge on any atom is -0.481 e. The van der Waals surface area contributed by atoms with Crippen molar-refractivity contribution in [3.63, 3.8) is 0 Å². The number of nitrogens with one attached hydrogen (secondary N) is 1. The van der Waals surface area contributed by atoms with E-state index in [1.807, 2.05) is 36.4 Å². The van der Waals surface area contributed by atoms with Gasteiger partial charge in [0.25, 0.3) is 0 Å². The lowest BCUT2D eigenvalue weighted by Crippen LogP contribution is -2.02. The summed E-state index contributed by atoms with van der Waals surface area (Å²) in [5.74, 6) is 0.619. The van der Waals surface area contributed by atoms with Crippen LogP contribution in [0.5, 0.6) is 5.88 Å². The van der Waals surface area contributed by atoms with Crippen molar-refractivity contribution in [1.29, 1.82) is 0 Å². The highest BCUT2D eigenvalue weighted by Crippen LogP contribution is 2.16. The van der Waals surface area contributed by atoms with Gasteiger partial charge in [0.2, 0.25) is 5.88 Å². The van der Waals surface area contributed by atoms with Crippen molar-refractivity contribution < 1.29 is 4.74 Å². The van der Waals surface area contributed by atoms with Gasteiger partial charge in [0.15, 0.2) is 0 Å². The van der Waals surface area contributed by atoms with Crippen molar-refractivity contribution in [2.45, 2.75) is 6.54 Å². The van der Waals surface area contributed by atoms with Gasteiger partial charge in [0.05, 0.1) is 30.4 Å². The molecule has 20 heavy (non-hydrogen) atoms. The molecule has 0 saturated carbocycles. The molecule has 0 atom stereocenters. The Bertz CT molecular complexity index is 730. The molecular formula is C15H14N4O. The van der Waals surface area contributed by atoms with E-state index in [4.69, 9.17) is 4.74 Å². The quantitative estimate of drug-likeness (QED) is 0.786. The molecule has 5 heteroatoms. The van der Waals surface area contributed by atoms with E-state index in [1.54, 1.807) is 19.5 Å². The average Bonchev–Trinajstić information content (AvgIpc) is 2.53. The predicted molar refractivity (Wildman–Crippen MR) is 77.7 cm³/mol. The van der Waals surface area contributed by atoms with Crippen LogP contribution in [-0.2, 0) is 6.54 Å². The van der Waals surface area contributed by atoms with Crippen LogP contribution in [0.3, 0.4) is 0 Å². The van der Waals surface area contributed by atoms with E-state index in [2.05, 4.69) is 20.3 Å². The van der Waals surface area contributed by atoms with Crippen LogP contribution in [-0.4, -0.2) is 22.1 Å². The van der Waals surface area contributed by atoms with Crippen LogP contribution in [0.2, 0.25) is 0 Å². The van der Waals surface area contributed by atoms with Crippen LogP contribution in [0.4, 0.5) is 5.69 Å². The molecule has 0 unspecified atom stereocenters. The molecule has 3 aromatic rings. The summed E-state index contributed by atoms with van der Waals surface area (Å²) in [4.78, 5) is 12.9. The number of nitrogens with zero attached hydrogens (tertiary/aromatic N) is 3. The largest absolute Gasteiger partial charge is 0.481 e. The van der Waals surface area contributed by atoms with Crippen molar-refractivity contribution >= 4 is 16.7 Å². The molecule has 2 heterocycles. The van der Waals surface area contributed by atoms with E-state index in [9.17, 15) is 0 Å². The Balaban J connectivity index is 1.76. The average molecular weight is 266 g/mol. The highest BCUT2D eigenvalue weighted by molar-refractivity contribution is 5.78. The molecule has 100 valence electrons. The minimum absolute atomic E-state index is 0.619. The highest BCUT2D eigenvalue weighted by Gasteiger charge is 2.00. The van der Waals surface area contributed by atoms with Crippen LogP contribution in [0.1, 0.15) is 5.69 Å². The lowest BCUT2D eigenvalue weighted by atomic mass is 10.2. The monoisotopic (exact) mass is 266 g/mol. The van der Waals surface area contributed by atoms with Gasteiger partial charge in [0.1, 0.15) is 0 Å². The molecular weight excluding hydrogens is 252 g/mol. The number of methoxy groups -OCH3 is 1. The molecule has 2 aromatic heterocycles. The van der Waals surface area contributed by atoms with Crippen LogP contribution in [0.25, 0.3) is 11.0 Å². The number of pyridine rings is 1. The summed E-state index contributed by atoms with van der Waals surface area (Å²) in [7, 11) is 1.61. The summed E-state index contributed by atoms with van der Waals surface area (Å²) < 4.78 is 5.11. The van der Waals surface area contributed by atoms with E-state index in [0.717, 1.165) is 22.4 Å². The Kier molecular flexibility index (Phi) is 3.41. The van der Waals surface area contributed by atoms with Crippen LogP contribution >= 0.6 is 0 Å². The zero-order valence-electron chi connectivity index (χ0n) is 11.1. The minimum atomic E-state index is 0.619. The van der Waals surface area contributed by atoms with E-state index >= 15 is 0 Å². The standard InChI is InChI=1S/C15H14N4O/c1-20-15-4-2-3-12(19-15)10-18-11-5-6-13-14(9-11)17-8-7-16-13/h2-9,18H,10H2,1H3. The first kappa shape index (κ1) is 12.3. The van der Waals surface area contributed by atoms with Gasteiger partial charge in [0, 0.05) is 24.1 Å². The number of ether oxygens (including phenoxy) is 1. The van der Waals surface area contributed by atoms with Gasteiger partial charge in [-0.2, -0.15) is 0 Å². The number of rotatable bonds is 4. The Morgan fingerprint density at radius 1 is 1.05 bits per heavy atom. The highest BCUT2D eigenvalue weighted by atomic mass is 16.5. The fourth-order valence-corrected chi connectivity index (χ4v) is 1.94. The normalized spacial score (nSPS) is 10.4. The number of anilines is 1. The molecule has 0 fully saturated rings. The van der Waals surface area contributed by atoms with Gasteiger partial charge < -0.3 is 10.1 Å². The first-order valence-electron chi connectivity index (χ1n) is 6.30. The van der Waals surface area contributed by atoms with Crippen molar-refractivity contribution in [3.8, 4) is 5.88 Å². The Morgan fingerprint density at radius 3 is 2.75 bits per heavy atom. The molecule has 1 aromatic carbocycles. The fraction of sp³-hybridized carbons (Fsp3) is 0.133. The first-order chi connectivity index (χ1) is 9.85. The third-order valence-corrected chi connectivity index (χ3v) is 2.93. The SMILES string of the molecule is COc1cccc(CNc2ccc3nccnc3c2)n1. The van der Waals surface area contributed by atoms with Gasteiger partial charge in [-0.15, -0.1) is 0 Å². The molecule has 0 radical (unpaired) electrons. The molecule has 0 bridgehead atoms. The number of hydrogen-bond acceptors (Lipinski definition) is 5. The Labute approximate surface area is 116 Å². The third kappa shape index (κ3) is 2.66. The zero-order chi connectivity index (χ0) is 13.8. The molecule has 0 aliphatic carbocycles. The van der Waals surface area contributed by atoms with E-state index in [1.165, 1.54) is 0 Å². The Hall–Kier alpha value is -2.69. The van der Waals surface area contributed by atoms with Crippen LogP contribution in [0, 0.1) is 0 Å². The van der Waals surface area contributed by atoms with Crippen molar-refractivity contribution in [3.05, 3.63) is 54.5 Å². The second kappa shape index (κ2) is 5.52. The maximum Gasteiger partial charge on any atom is 0.213 e. The Morgan fingerprint density at radius 2 is 1.90 bits per heavy atom. The summed E-state index contributed by atoms with van der Waals surface area (Å²) in [5, 5.41) is 3.32. The van der Waals surface area contributed by atoms with Gasteiger partial charge in [-0.05, 0) is 24.3 Å². The molecule has 0 saturated heterocycles. The maximum atomic E-state index is 5.11. The van der Waals surface area contributed by atoms with Crippen LogP contribution in [0.15, 0.2) is 48.8 Å². The van der Waals surface area contributed by atoms with Gasteiger partial charge >= 0.3 is 0 Å². The lowest BCUT2D eigenvalue weighted by molar-refractivity contribution is 0.396. The molecule has 1 N–H and O–H groups in total. The molecule has 0 spiro atoms. The topological polar surface area (TPSA) is 59.9 Å². The number of aromatic nitrogens is 3. The second-order valence-corrected chi connectivity index (χ2v) is 4.28. The van der Waals surface area contributed by atoms with E-state index in [-0.39, 0.29) is 0 Å². The summed E-state index contributed by atoms with van der Waals surface area (Å²) >= 11 is 0. The maximum absolute atomic E-state index is 5.11. The van der Waals surface area contributed by atoms with Gasteiger partial charge in [-0.3, -0.25) is 9.97 Å². The molecule has 3 rings (SSSR count). The van der Waals surface area contributed by atoms with Gasteiger partial charge in [-0.25, -0.2) is 4.98 Å². The third-order valence-electron chi connectivity index (χ3n) is 2.93.